The zero-order valence-electron chi connectivity index (χ0n) is 14.7. The number of carbonyl (C=O) groups excluding carboxylic acids is 2. The van der Waals surface area contributed by atoms with E-state index in [-0.39, 0.29) is 12.5 Å². The van der Waals surface area contributed by atoms with E-state index in [9.17, 15) is 9.59 Å². The van der Waals surface area contributed by atoms with E-state index in [2.05, 4.69) is 0 Å². The van der Waals surface area contributed by atoms with E-state index in [1.807, 2.05) is 54.6 Å². The summed E-state index contributed by atoms with van der Waals surface area (Å²) >= 11 is 1.36. The predicted molar refractivity (Wildman–Crippen MR) is 104 cm³/mol. The Balaban J connectivity index is 1.44. The number of rotatable bonds is 4. The normalized spacial score (nSPS) is 11.7. The first-order chi connectivity index (χ1) is 13.1. The van der Waals surface area contributed by atoms with Crippen LogP contribution in [0.2, 0.25) is 0 Å². The molecule has 1 amide bonds. The highest BCUT2D eigenvalue weighted by Gasteiger charge is 2.23. The third kappa shape index (κ3) is 3.44. The molecule has 2 aromatic carbocycles. The zero-order valence-corrected chi connectivity index (χ0v) is 15.5. The number of hydrogen-bond donors (Lipinski definition) is 0. The summed E-state index contributed by atoms with van der Waals surface area (Å²) in [5.74, 6) is 0.0256. The maximum atomic E-state index is 12.4. The summed E-state index contributed by atoms with van der Waals surface area (Å²) in [6, 6.07) is 18.7. The molecule has 0 saturated heterocycles. The van der Waals surface area contributed by atoms with Gasteiger partial charge in [0.25, 0.3) is 5.91 Å². The molecule has 0 atom stereocenters. The van der Waals surface area contributed by atoms with Gasteiger partial charge in [-0.05, 0) is 30.3 Å². The topological polar surface area (TPSA) is 55.8 Å². The van der Waals surface area contributed by atoms with E-state index < -0.39 is 5.97 Å². The van der Waals surface area contributed by atoms with E-state index in [1.165, 1.54) is 16.2 Å². The minimum absolute atomic E-state index is 0.287. The van der Waals surface area contributed by atoms with Crippen molar-refractivity contribution < 1.29 is 19.1 Å². The molecule has 1 aliphatic heterocycles. The van der Waals surface area contributed by atoms with Crippen molar-refractivity contribution in [1.29, 1.82) is 0 Å². The standard InChI is InChI=1S/C21H17NO4S/c1-22(15-7-3-2-4-8-15)19(23)13-26-21(24)18-11-14-12-25-17-10-6-5-9-16(17)20(14)27-18/h2-11H,12-13H2,1H3. The second kappa shape index (κ2) is 7.25. The van der Waals surface area contributed by atoms with E-state index >= 15 is 0 Å². The summed E-state index contributed by atoms with van der Waals surface area (Å²) < 4.78 is 11.0. The van der Waals surface area contributed by atoms with Crippen LogP contribution in [0.1, 0.15) is 15.2 Å². The molecule has 1 aliphatic rings. The van der Waals surface area contributed by atoms with Crippen LogP contribution in [0, 0.1) is 0 Å². The summed E-state index contributed by atoms with van der Waals surface area (Å²) in [5, 5.41) is 0. The summed E-state index contributed by atoms with van der Waals surface area (Å²) in [5.41, 5.74) is 2.68. The van der Waals surface area contributed by atoms with Gasteiger partial charge in [0, 0.05) is 28.7 Å². The van der Waals surface area contributed by atoms with Crippen molar-refractivity contribution in [2.75, 3.05) is 18.6 Å². The molecule has 2 heterocycles. The molecule has 1 aromatic heterocycles. The SMILES string of the molecule is CN(C(=O)COC(=O)c1cc2c(s1)-c1ccccc1OC2)c1ccccc1. The Morgan fingerprint density at radius 1 is 1.11 bits per heavy atom. The monoisotopic (exact) mass is 379 g/mol. The van der Waals surface area contributed by atoms with Crippen LogP contribution in [0.25, 0.3) is 10.4 Å². The van der Waals surface area contributed by atoms with Crippen LogP contribution in [-0.4, -0.2) is 25.5 Å². The molecule has 0 unspecified atom stereocenters. The smallest absolute Gasteiger partial charge is 0.348 e. The summed E-state index contributed by atoms with van der Waals surface area (Å²) in [7, 11) is 1.66. The number of fused-ring (bicyclic) bond motifs is 3. The van der Waals surface area contributed by atoms with Gasteiger partial charge < -0.3 is 14.4 Å². The summed E-state index contributed by atoms with van der Waals surface area (Å²) in [4.78, 5) is 27.6. The Bertz CT molecular complexity index is 996. The first-order valence-corrected chi connectivity index (χ1v) is 9.29. The summed E-state index contributed by atoms with van der Waals surface area (Å²) in [6.45, 7) is 0.117. The molecule has 4 rings (SSSR count). The molecule has 0 aliphatic carbocycles. The van der Waals surface area contributed by atoms with Crippen LogP contribution >= 0.6 is 11.3 Å². The maximum Gasteiger partial charge on any atom is 0.348 e. The average Bonchev–Trinajstić information content (AvgIpc) is 3.17. The summed E-state index contributed by atoms with van der Waals surface area (Å²) in [6.07, 6.45) is 0. The number of thiophene rings is 1. The second-order valence-corrected chi connectivity index (χ2v) is 7.17. The third-order valence-electron chi connectivity index (χ3n) is 4.37. The van der Waals surface area contributed by atoms with Gasteiger partial charge in [-0.15, -0.1) is 11.3 Å². The van der Waals surface area contributed by atoms with E-state index in [0.717, 1.165) is 27.4 Å². The number of ether oxygens (including phenoxy) is 2. The molecule has 0 saturated carbocycles. The Kier molecular flexibility index (Phi) is 4.64. The van der Waals surface area contributed by atoms with Gasteiger partial charge in [-0.2, -0.15) is 0 Å². The first-order valence-electron chi connectivity index (χ1n) is 8.47. The number of nitrogens with zero attached hydrogens (tertiary/aromatic N) is 1. The van der Waals surface area contributed by atoms with Gasteiger partial charge in [0.05, 0.1) is 0 Å². The van der Waals surface area contributed by atoms with Gasteiger partial charge in [-0.1, -0.05) is 30.3 Å². The van der Waals surface area contributed by atoms with Crippen molar-refractivity contribution in [2.45, 2.75) is 6.61 Å². The maximum absolute atomic E-state index is 12.4. The molecule has 6 heteroatoms. The average molecular weight is 379 g/mol. The minimum atomic E-state index is -0.498. The van der Waals surface area contributed by atoms with Crippen LogP contribution in [0.15, 0.2) is 60.7 Å². The van der Waals surface area contributed by atoms with Crippen molar-refractivity contribution >= 4 is 28.9 Å². The Labute approximate surface area is 160 Å². The van der Waals surface area contributed by atoms with Crippen LogP contribution in [0.3, 0.4) is 0 Å². The molecular weight excluding hydrogens is 362 g/mol. The highest BCUT2D eigenvalue weighted by molar-refractivity contribution is 7.17. The van der Waals surface area contributed by atoms with Gasteiger partial charge in [0.1, 0.15) is 17.2 Å². The number of anilines is 1. The fraction of sp³-hybridized carbons (Fsp3) is 0.143. The number of para-hydroxylation sites is 2. The van der Waals surface area contributed by atoms with E-state index in [0.29, 0.717) is 11.5 Å². The Morgan fingerprint density at radius 3 is 2.67 bits per heavy atom. The van der Waals surface area contributed by atoms with Gasteiger partial charge in [-0.25, -0.2) is 4.79 Å². The molecule has 0 fully saturated rings. The number of amides is 1. The number of benzene rings is 2. The number of hydrogen-bond acceptors (Lipinski definition) is 5. The van der Waals surface area contributed by atoms with Crippen molar-refractivity contribution in [3.8, 4) is 16.2 Å². The predicted octanol–water partition coefficient (Wildman–Crippen LogP) is 4.13. The molecule has 136 valence electrons. The third-order valence-corrected chi connectivity index (χ3v) is 5.56. The molecule has 0 N–H and O–H groups in total. The minimum Gasteiger partial charge on any atom is -0.488 e. The van der Waals surface area contributed by atoms with Crippen LogP contribution < -0.4 is 9.64 Å². The fourth-order valence-corrected chi connectivity index (χ4v) is 3.98. The second-order valence-electron chi connectivity index (χ2n) is 6.11. The molecule has 5 nitrogen and oxygen atoms in total. The van der Waals surface area contributed by atoms with Gasteiger partial charge in [0.2, 0.25) is 0 Å². The van der Waals surface area contributed by atoms with Crippen LogP contribution in [-0.2, 0) is 16.1 Å². The molecular formula is C21H17NO4S. The lowest BCUT2D eigenvalue weighted by atomic mass is 10.1. The molecule has 0 radical (unpaired) electrons. The number of likely N-dealkylation sites (N-methyl/N-ethyl adjacent to an activating group) is 1. The molecule has 0 bridgehead atoms. The van der Waals surface area contributed by atoms with Gasteiger partial charge in [-0.3, -0.25) is 4.79 Å². The number of carbonyl (C=O) groups is 2. The molecule has 3 aromatic rings. The van der Waals surface area contributed by atoms with E-state index in [1.54, 1.807) is 13.1 Å². The highest BCUT2D eigenvalue weighted by Crippen LogP contribution is 2.42. The highest BCUT2D eigenvalue weighted by atomic mass is 32.1. The lowest BCUT2D eigenvalue weighted by Crippen LogP contribution is -2.30. The number of esters is 1. The van der Waals surface area contributed by atoms with Crippen molar-refractivity contribution in [2.24, 2.45) is 0 Å². The largest absolute Gasteiger partial charge is 0.488 e. The van der Waals surface area contributed by atoms with Crippen molar-refractivity contribution in [3.05, 3.63) is 71.1 Å². The molecule has 0 spiro atoms. The van der Waals surface area contributed by atoms with E-state index in [4.69, 9.17) is 9.47 Å². The van der Waals surface area contributed by atoms with Crippen LogP contribution in [0.5, 0.6) is 5.75 Å². The fourth-order valence-electron chi connectivity index (χ4n) is 2.89. The van der Waals surface area contributed by atoms with Gasteiger partial charge in [0.15, 0.2) is 6.61 Å². The zero-order chi connectivity index (χ0) is 18.8. The Morgan fingerprint density at radius 2 is 1.85 bits per heavy atom. The van der Waals surface area contributed by atoms with Gasteiger partial charge >= 0.3 is 5.97 Å². The lowest BCUT2D eigenvalue weighted by Gasteiger charge is -2.16. The van der Waals surface area contributed by atoms with Crippen LogP contribution in [0.4, 0.5) is 5.69 Å². The molecule has 27 heavy (non-hydrogen) atoms. The van der Waals surface area contributed by atoms with Crippen molar-refractivity contribution in [3.63, 3.8) is 0 Å². The Hall–Kier alpha value is -3.12. The quantitative estimate of drug-likeness (QED) is 0.640. The first kappa shape index (κ1) is 17.3. The lowest BCUT2D eigenvalue weighted by molar-refractivity contribution is -0.121. The van der Waals surface area contributed by atoms with Crippen molar-refractivity contribution in [1.82, 2.24) is 0 Å².